The fourth-order valence-corrected chi connectivity index (χ4v) is 1.74. The van der Waals surface area contributed by atoms with Gasteiger partial charge in [-0.2, -0.15) is 0 Å². The molecule has 0 aliphatic rings. The topological polar surface area (TPSA) is 47.6 Å². The van der Waals surface area contributed by atoms with Crippen LogP contribution in [-0.2, 0) is 11.4 Å². The van der Waals surface area contributed by atoms with Gasteiger partial charge < -0.3 is 4.74 Å². The van der Waals surface area contributed by atoms with Crippen molar-refractivity contribution in [2.24, 2.45) is 0 Å². The monoisotopic (exact) mass is 285 g/mol. The van der Waals surface area contributed by atoms with Crippen LogP contribution in [0.5, 0.6) is 5.75 Å². The SMILES string of the molecule is CCCOc1ccc(C(=O)NOCc2ccccc2)cc1. The molecule has 4 heteroatoms. The highest BCUT2D eigenvalue weighted by molar-refractivity contribution is 5.93. The first-order chi connectivity index (χ1) is 10.3. The van der Waals surface area contributed by atoms with E-state index in [4.69, 9.17) is 9.57 Å². The number of hydrogen-bond acceptors (Lipinski definition) is 3. The molecule has 0 radical (unpaired) electrons. The van der Waals surface area contributed by atoms with Crippen molar-refractivity contribution in [3.8, 4) is 5.75 Å². The Kier molecular flexibility index (Phi) is 5.79. The number of amides is 1. The van der Waals surface area contributed by atoms with Gasteiger partial charge in [0.2, 0.25) is 0 Å². The second kappa shape index (κ2) is 8.07. The second-order valence-corrected chi connectivity index (χ2v) is 4.58. The molecule has 21 heavy (non-hydrogen) atoms. The lowest BCUT2D eigenvalue weighted by Crippen LogP contribution is -2.23. The molecule has 1 N–H and O–H groups in total. The minimum atomic E-state index is -0.270. The summed E-state index contributed by atoms with van der Waals surface area (Å²) in [5, 5.41) is 0. The maximum atomic E-state index is 11.9. The molecule has 0 heterocycles. The number of carbonyl (C=O) groups excluding carboxylic acids is 1. The van der Waals surface area contributed by atoms with E-state index < -0.39 is 0 Å². The fourth-order valence-electron chi connectivity index (χ4n) is 1.74. The number of hydroxylamine groups is 1. The van der Waals surface area contributed by atoms with Gasteiger partial charge in [-0.15, -0.1) is 0 Å². The first-order valence-corrected chi connectivity index (χ1v) is 6.98. The van der Waals surface area contributed by atoms with Crippen LogP contribution in [0, 0.1) is 0 Å². The average molecular weight is 285 g/mol. The highest BCUT2D eigenvalue weighted by Gasteiger charge is 2.05. The zero-order chi connectivity index (χ0) is 14.9. The molecule has 0 aromatic heterocycles. The van der Waals surface area contributed by atoms with Crippen LogP contribution in [-0.4, -0.2) is 12.5 Å². The molecule has 0 unspecified atom stereocenters. The summed E-state index contributed by atoms with van der Waals surface area (Å²) in [6.45, 7) is 3.06. The summed E-state index contributed by atoms with van der Waals surface area (Å²) >= 11 is 0. The van der Waals surface area contributed by atoms with Gasteiger partial charge in [0.25, 0.3) is 5.91 Å². The predicted molar refractivity (Wildman–Crippen MR) is 80.9 cm³/mol. The van der Waals surface area contributed by atoms with E-state index in [0.29, 0.717) is 18.8 Å². The predicted octanol–water partition coefficient (Wildman–Crippen LogP) is 3.34. The Morgan fingerprint density at radius 1 is 1.05 bits per heavy atom. The summed E-state index contributed by atoms with van der Waals surface area (Å²) in [5.41, 5.74) is 3.97. The van der Waals surface area contributed by atoms with Crippen molar-refractivity contribution in [1.82, 2.24) is 5.48 Å². The third kappa shape index (κ3) is 4.93. The van der Waals surface area contributed by atoms with Crippen LogP contribution in [0.15, 0.2) is 54.6 Å². The number of nitrogens with one attached hydrogen (secondary N) is 1. The molecular formula is C17H19NO3. The normalized spacial score (nSPS) is 10.1. The van der Waals surface area contributed by atoms with Crippen LogP contribution in [0.25, 0.3) is 0 Å². The van der Waals surface area contributed by atoms with Crippen molar-refractivity contribution in [1.29, 1.82) is 0 Å². The summed E-state index contributed by atoms with van der Waals surface area (Å²) in [6, 6.07) is 16.6. The van der Waals surface area contributed by atoms with Gasteiger partial charge in [-0.05, 0) is 36.2 Å². The Morgan fingerprint density at radius 2 is 1.76 bits per heavy atom. The van der Waals surface area contributed by atoms with Crippen molar-refractivity contribution in [3.05, 3.63) is 65.7 Å². The van der Waals surface area contributed by atoms with Crippen molar-refractivity contribution >= 4 is 5.91 Å². The lowest BCUT2D eigenvalue weighted by molar-refractivity contribution is 0.0233. The molecule has 0 aliphatic carbocycles. The van der Waals surface area contributed by atoms with E-state index in [1.807, 2.05) is 37.3 Å². The number of hydrogen-bond donors (Lipinski definition) is 1. The molecule has 0 aliphatic heterocycles. The minimum absolute atomic E-state index is 0.270. The van der Waals surface area contributed by atoms with E-state index in [0.717, 1.165) is 17.7 Å². The van der Waals surface area contributed by atoms with Crippen LogP contribution in [0.2, 0.25) is 0 Å². The maximum absolute atomic E-state index is 11.9. The van der Waals surface area contributed by atoms with E-state index in [1.54, 1.807) is 24.3 Å². The van der Waals surface area contributed by atoms with Gasteiger partial charge in [0.15, 0.2) is 0 Å². The quantitative estimate of drug-likeness (QED) is 0.794. The van der Waals surface area contributed by atoms with E-state index in [9.17, 15) is 4.79 Å². The number of benzene rings is 2. The third-order valence-corrected chi connectivity index (χ3v) is 2.84. The molecule has 0 atom stereocenters. The summed E-state index contributed by atoms with van der Waals surface area (Å²) in [5.74, 6) is 0.492. The number of carbonyl (C=O) groups is 1. The zero-order valence-corrected chi connectivity index (χ0v) is 12.0. The Hall–Kier alpha value is -2.33. The van der Waals surface area contributed by atoms with E-state index in [1.165, 1.54) is 0 Å². The lowest BCUT2D eigenvalue weighted by atomic mass is 10.2. The Morgan fingerprint density at radius 3 is 2.43 bits per heavy atom. The van der Waals surface area contributed by atoms with Gasteiger partial charge in [0, 0.05) is 5.56 Å². The van der Waals surface area contributed by atoms with E-state index in [2.05, 4.69) is 5.48 Å². The number of ether oxygens (including phenoxy) is 1. The van der Waals surface area contributed by atoms with Gasteiger partial charge in [0.1, 0.15) is 5.75 Å². The molecule has 0 saturated heterocycles. The molecule has 0 saturated carbocycles. The first-order valence-electron chi connectivity index (χ1n) is 6.98. The standard InChI is InChI=1S/C17H19NO3/c1-2-12-20-16-10-8-15(9-11-16)17(19)18-21-13-14-6-4-3-5-7-14/h3-11H,2,12-13H2,1H3,(H,18,19). The Balaban J connectivity index is 1.80. The maximum Gasteiger partial charge on any atom is 0.274 e. The molecule has 110 valence electrons. The third-order valence-electron chi connectivity index (χ3n) is 2.84. The van der Waals surface area contributed by atoms with Gasteiger partial charge in [-0.3, -0.25) is 9.63 Å². The van der Waals surface area contributed by atoms with Crippen molar-refractivity contribution < 1.29 is 14.4 Å². The molecule has 2 rings (SSSR count). The molecular weight excluding hydrogens is 266 g/mol. The highest BCUT2D eigenvalue weighted by atomic mass is 16.6. The largest absolute Gasteiger partial charge is 0.494 e. The lowest BCUT2D eigenvalue weighted by Gasteiger charge is -2.07. The summed E-state index contributed by atoms with van der Waals surface area (Å²) in [7, 11) is 0. The van der Waals surface area contributed by atoms with Crippen molar-refractivity contribution in [2.75, 3.05) is 6.61 Å². The van der Waals surface area contributed by atoms with Crippen LogP contribution in [0.3, 0.4) is 0 Å². The fraction of sp³-hybridized carbons (Fsp3) is 0.235. The van der Waals surface area contributed by atoms with Crippen LogP contribution in [0.4, 0.5) is 0 Å². The molecule has 0 spiro atoms. The summed E-state index contributed by atoms with van der Waals surface area (Å²) < 4.78 is 5.47. The summed E-state index contributed by atoms with van der Waals surface area (Å²) in [4.78, 5) is 17.1. The summed E-state index contributed by atoms with van der Waals surface area (Å²) in [6.07, 6.45) is 0.954. The number of rotatable bonds is 7. The smallest absolute Gasteiger partial charge is 0.274 e. The van der Waals surface area contributed by atoms with Gasteiger partial charge >= 0.3 is 0 Å². The molecule has 1 amide bonds. The minimum Gasteiger partial charge on any atom is -0.494 e. The molecule has 0 fully saturated rings. The molecule has 2 aromatic carbocycles. The molecule has 4 nitrogen and oxygen atoms in total. The van der Waals surface area contributed by atoms with Crippen LogP contribution in [0.1, 0.15) is 29.3 Å². The zero-order valence-electron chi connectivity index (χ0n) is 12.0. The van der Waals surface area contributed by atoms with Crippen molar-refractivity contribution in [3.63, 3.8) is 0 Å². The van der Waals surface area contributed by atoms with Gasteiger partial charge in [0.05, 0.1) is 13.2 Å². The second-order valence-electron chi connectivity index (χ2n) is 4.58. The van der Waals surface area contributed by atoms with Gasteiger partial charge in [-0.25, -0.2) is 5.48 Å². The highest BCUT2D eigenvalue weighted by Crippen LogP contribution is 2.12. The van der Waals surface area contributed by atoms with E-state index >= 15 is 0 Å². The van der Waals surface area contributed by atoms with Crippen molar-refractivity contribution in [2.45, 2.75) is 20.0 Å². The van der Waals surface area contributed by atoms with Crippen LogP contribution >= 0.6 is 0 Å². The molecule has 0 bridgehead atoms. The average Bonchev–Trinajstić information content (AvgIpc) is 2.54. The molecule has 2 aromatic rings. The van der Waals surface area contributed by atoms with Gasteiger partial charge in [-0.1, -0.05) is 37.3 Å². The first kappa shape index (κ1) is 15.1. The Bertz CT molecular complexity index is 552. The van der Waals surface area contributed by atoms with E-state index in [-0.39, 0.29) is 5.91 Å². The van der Waals surface area contributed by atoms with Crippen LogP contribution < -0.4 is 10.2 Å². The Labute approximate surface area is 124 Å².